The number of ether oxygens (including phenoxy) is 1. The third-order valence-electron chi connectivity index (χ3n) is 3.16. The minimum Gasteiger partial charge on any atom is -0.454 e. The summed E-state index contributed by atoms with van der Waals surface area (Å²) in [7, 11) is 0. The van der Waals surface area contributed by atoms with E-state index in [2.05, 4.69) is 15.6 Å². The molecule has 9 heteroatoms. The molecule has 0 radical (unpaired) electrons. The smallest absolute Gasteiger partial charge is 0.325 e. The lowest BCUT2D eigenvalue weighted by molar-refractivity contribution is -0.146. The SMILES string of the molecule is Cc1nc(NC(=O)COC(=O)CNC(=O)c2ccccc2)c(Cl)cc1Cl. The average Bonchev–Trinajstić information content (AvgIpc) is 2.63. The molecule has 0 saturated carbocycles. The standard InChI is InChI=1S/C17H15Cl2N3O4/c1-10-12(18)7-13(19)16(21-10)22-14(23)9-26-15(24)8-20-17(25)11-5-3-2-4-6-11/h2-7H,8-9H2,1H3,(H,20,25)(H,21,22,23). The van der Waals surface area contributed by atoms with Crippen molar-refractivity contribution in [1.29, 1.82) is 0 Å². The highest BCUT2D eigenvalue weighted by atomic mass is 35.5. The maximum Gasteiger partial charge on any atom is 0.325 e. The van der Waals surface area contributed by atoms with Gasteiger partial charge in [0.2, 0.25) is 0 Å². The first-order valence-electron chi connectivity index (χ1n) is 7.48. The van der Waals surface area contributed by atoms with Crippen molar-refractivity contribution in [3.8, 4) is 0 Å². The van der Waals surface area contributed by atoms with Gasteiger partial charge in [-0.1, -0.05) is 41.4 Å². The predicted octanol–water partition coefficient (Wildman–Crippen LogP) is 2.61. The van der Waals surface area contributed by atoms with E-state index in [0.717, 1.165) is 0 Å². The molecule has 0 aliphatic rings. The summed E-state index contributed by atoms with van der Waals surface area (Å²) >= 11 is 11.8. The summed E-state index contributed by atoms with van der Waals surface area (Å²) in [4.78, 5) is 39.3. The zero-order chi connectivity index (χ0) is 19.1. The van der Waals surface area contributed by atoms with Crippen molar-refractivity contribution >= 4 is 46.8 Å². The van der Waals surface area contributed by atoms with E-state index in [4.69, 9.17) is 27.9 Å². The Bertz CT molecular complexity index is 828. The topological polar surface area (TPSA) is 97.4 Å². The van der Waals surface area contributed by atoms with Crippen molar-refractivity contribution in [2.45, 2.75) is 6.92 Å². The van der Waals surface area contributed by atoms with Gasteiger partial charge in [0.25, 0.3) is 11.8 Å². The first-order valence-corrected chi connectivity index (χ1v) is 8.23. The van der Waals surface area contributed by atoms with Crippen LogP contribution in [0.4, 0.5) is 5.82 Å². The molecule has 7 nitrogen and oxygen atoms in total. The number of esters is 1. The zero-order valence-corrected chi connectivity index (χ0v) is 15.2. The summed E-state index contributed by atoms with van der Waals surface area (Å²) in [6.07, 6.45) is 0. The summed E-state index contributed by atoms with van der Waals surface area (Å²) in [5, 5.41) is 5.35. The van der Waals surface area contributed by atoms with Gasteiger partial charge in [0.05, 0.1) is 15.7 Å². The zero-order valence-electron chi connectivity index (χ0n) is 13.7. The maximum atomic E-state index is 11.8. The number of aryl methyl sites for hydroxylation is 1. The van der Waals surface area contributed by atoms with Crippen molar-refractivity contribution < 1.29 is 19.1 Å². The van der Waals surface area contributed by atoms with Crippen molar-refractivity contribution in [2.75, 3.05) is 18.5 Å². The van der Waals surface area contributed by atoms with Gasteiger partial charge in [0.1, 0.15) is 6.54 Å². The number of hydrogen-bond donors (Lipinski definition) is 2. The number of nitrogens with one attached hydrogen (secondary N) is 2. The average molecular weight is 396 g/mol. The van der Waals surface area contributed by atoms with E-state index in [1.54, 1.807) is 37.3 Å². The Morgan fingerprint density at radius 3 is 2.50 bits per heavy atom. The van der Waals surface area contributed by atoms with Crippen LogP contribution in [-0.4, -0.2) is 35.9 Å². The fourth-order valence-corrected chi connectivity index (χ4v) is 2.26. The highest BCUT2D eigenvalue weighted by molar-refractivity contribution is 6.36. The Balaban J connectivity index is 1.77. The Kier molecular flexibility index (Phi) is 6.94. The largest absolute Gasteiger partial charge is 0.454 e. The van der Waals surface area contributed by atoms with Crippen LogP contribution in [0.15, 0.2) is 36.4 Å². The Hall–Kier alpha value is -2.64. The number of anilines is 1. The van der Waals surface area contributed by atoms with E-state index in [-0.39, 0.29) is 17.4 Å². The number of aromatic nitrogens is 1. The normalized spacial score (nSPS) is 10.1. The Morgan fingerprint density at radius 2 is 1.81 bits per heavy atom. The summed E-state index contributed by atoms with van der Waals surface area (Å²) in [6.45, 7) is 0.754. The number of nitrogens with zero attached hydrogens (tertiary/aromatic N) is 1. The molecular formula is C17H15Cl2N3O4. The number of rotatable bonds is 6. The lowest BCUT2D eigenvalue weighted by Gasteiger charge is -2.09. The molecule has 2 rings (SSSR count). The van der Waals surface area contributed by atoms with Gasteiger partial charge in [-0.05, 0) is 25.1 Å². The number of carbonyl (C=O) groups excluding carboxylic acids is 3. The van der Waals surface area contributed by atoms with Gasteiger partial charge in [0, 0.05) is 5.56 Å². The van der Waals surface area contributed by atoms with Gasteiger partial charge >= 0.3 is 5.97 Å². The molecule has 0 aliphatic heterocycles. The Labute approximate surface area is 159 Å². The van der Waals surface area contributed by atoms with E-state index in [1.165, 1.54) is 6.07 Å². The van der Waals surface area contributed by atoms with Gasteiger partial charge in [-0.2, -0.15) is 0 Å². The quantitative estimate of drug-likeness (QED) is 0.732. The molecule has 0 unspecified atom stereocenters. The highest BCUT2D eigenvalue weighted by Gasteiger charge is 2.13. The highest BCUT2D eigenvalue weighted by Crippen LogP contribution is 2.25. The molecule has 136 valence electrons. The molecular weight excluding hydrogens is 381 g/mol. The van der Waals surface area contributed by atoms with Crippen LogP contribution in [0.3, 0.4) is 0 Å². The minimum atomic E-state index is -0.754. The molecule has 0 spiro atoms. The second-order valence-corrected chi connectivity index (χ2v) is 5.96. The monoisotopic (exact) mass is 395 g/mol. The summed E-state index contributed by atoms with van der Waals surface area (Å²) in [6, 6.07) is 9.85. The Morgan fingerprint density at radius 1 is 1.12 bits per heavy atom. The summed E-state index contributed by atoms with van der Waals surface area (Å²) in [5.74, 6) is -1.67. The van der Waals surface area contributed by atoms with Gasteiger partial charge in [-0.3, -0.25) is 14.4 Å². The molecule has 26 heavy (non-hydrogen) atoms. The summed E-state index contributed by atoms with van der Waals surface area (Å²) < 4.78 is 4.79. The number of pyridine rings is 1. The van der Waals surface area contributed by atoms with Crippen LogP contribution in [0.25, 0.3) is 0 Å². The van der Waals surface area contributed by atoms with Crippen molar-refractivity contribution in [1.82, 2.24) is 10.3 Å². The third-order valence-corrected chi connectivity index (χ3v) is 3.83. The molecule has 0 fully saturated rings. The number of amides is 2. The van der Waals surface area contributed by atoms with E-state index in [0.29, 0.717) is 16.3 Å². The van der Waals surface area contributed by atoms with Gasteiger partial charge in [-0.15, -0.1) is 0 Å². The second kappa shape index (κ2) is 9.17. The van der Waals surface area contributed by atoms with Crippen LogP contribution < -0.4 is 10.6 Å². The number of carbonyl (C=O) groups is 3. The fraction of sp³-hybridized carbons (Fsp3) is 0.176. The van der Waals surface area contributed by atoms with Crippen LogP contribution >= 0.6 is 23.2 Å². The first kappa shape index (κ1) is 19.7. The fourth-order valence-electron chi connectivity index (χ4n) is 1.86. The third kappa shape index (κ3) is 5.72. The van der Waals surface area contributed by atoms with Gasteiger partial charge in [0.15, 0.2) is 12.4 Å². The summed E-state index contributed by atoms with van der Waals surface area (Å²) in [5.41, 5.74) is 0.906. The number of hydrogen-bond acceptors (Lipinski definition) is 5. The van der Waals surface area contributed by atoms with Crippen molar-refractivity contribution in [3.05, 3.63) is 57.7 Å². The molecule has 0 bridgehead atoms. The minimum absolute atomic E-state index is 0.118. The molecule has 2 amide bonds. The van der Waals surface area contributed by atoms with E-state index in [9.17, 15) is 14.4 Å². The lowest BCUT2D eigenvalue weighted by atomic mass is 10.2. The first-order chi connectivity index (χ1) is 12.4. The molecule has 1 aromatic carbocycles. The molecule has 2 aromatic rings. The van der Waals surface area contributed by atoms with Crippen LogP contribution in [-0.2, 0) is 14.3 Å². The number of benzene rings is 1. The maximum absolute atomic E-state index is 11.8. The van der Waals surface area contributed by atoms with Crippen LogP contribution in [0.1, 0.15) is 16.1 Å². The lowest BCUT2D eigenvalue weighted by Crippen LogP contribution is -2.32. The van der Waals surface area contributed by atoms with Crippen LogP contribution in [0, 0.1) is 6.92 Å². The van der Waals surface area contributed by atoms with Crippen molar-refractivity contribution in [3.63, 3.8) is 0 Å². The van der Waals surface area contributed by atoms with Crippen LogP contribution in [0.2, 0.25) is 10.0 Å². The van der Waals surface area contributed by atoms with Gasteiger partial charge < -0.3 is 15.4 Å². The number of halogens is 2. The molecule has 1 aromatic heterocycles. The molecule has 1 heterocycles. The van der Waals surface area contributed by atoms with Gasteiger partial charge in [-0.25, -0.2) is 4.98 Å². The second-order valence-electron chi connectivity index (χ2n) is 5.14. The van der Waals surface area contributed by atoms with E-state index < -0.39 is 24.4 Å². The molecule has 0 aliphatic carbocycles. The van der Waals surface area contributed by atoms with Crippen molar-refractivity contribution in [2.24, 2.45) is 0 Å². The van der Waals surface area contributed by atoms with E-state index in [1.807, 2.05) is 0 Å². The molecule has 0 saturated heterocycles. The van der Waals surface area contributed by atoms with Crippen LogP contribution in [0.5, 0.6) is 0 Å². The predicted molar refractivity (Wildman–Crippen MR) is 97.4 cm³/mol. The van der Waals surface area contributed by atoms with E-state index >= 15 is 0 Å². The molecule has 2 N–H and O–H groups in total. The molecule has 0 atom stereocenters.